The highest BCUT2D eigenvalue weighted by molar-refractivity contribution is 8.76. The summed E-state index contributed by atoms with van der Waals surface area (Å²) in [4.78, 5) is 207. The van der Waals surface area contributed by atoms with Gasteiger partial charge in [-0.15, -0.1) is 12.3 Å². The second kappa shape index (κ2) is 43.4. The minimum Gasteiger partial charge on any atom is -0.508 e. The van der Waals surface area contributed by atoms with Gasteiger partial charge in [0.15, 0.2) is 0 Å². The Balaban J connectivity index is 1.56. The summed E-state index contributed by atoms with van der Waals surface area (Å²) in [5.74, 6) is -17.4. The maximum absolute atomic E-state index is 15.1. The number of benzene rings is 4. The Morgan fingerprint density at radius 2 is 1.07 bits per heavy atom. The van der Waals surface area contributed by atoms with Crippen LogP contribution in [0.2, 0.25) is 0 Å². The second-order valence-electron chi connectivity index (χ2n) is 25.0. The van der Waals surface area contributed by atoms with E-state index in [2.05, 4.69) is 69.7 Å². The highest BCUT2D eigenvalue weighted by atomic mass is 33.1. The van der Waals surface area contributed by atoms with Crippen LogP contribution in [-0.2, 0) is 97.6 Å². The number of aliphatic carboxylic acids is 3. The minimum absolute atomic E-state index is 0.0862. The molecule has 1 heterocycles. The minimum atomic E-state index is -1.94. The van der Waals surface area contributed by atoms with Crippen molar-refractivity contribution in [1.29, 1.82) is 0 Å². The monoisotopic (exact) mass is 1540 g/mol. The highest BCUT2D eigenvalue weighted by Gasteiger charge is 2.38. The summed E-state index contributed by atoms with van der Waals surface area (Å²) in [6.45, 7) is 3.33. The zero-order chi connectivity index (χ0) is 79.0. The SMILES string of the molecule is C#CC[C@H](NC(=O)[C@@H](NC(=O)[C@H](CC(=O)O)NC(=O)[C@H](CSC)NC(=O)[C@H](Cc1ccc(O)cc1)NC(=O)[C@@H]1CSSC[C@H](NC(=O)[C@@H](N)Cc2ccc(O)cc2)C(=O)N[C@@H](CCC(=O)O)C(=O)NCC(=O)N[C@@H](Cc2ccccc2)C(=O)N[C@H](Cc2ccc(O)cc2)C(=O)N[C@@H](C)C(=O)N1)C(C)C)C(=O)O. The second-order valence-corrected chi connectivity index (χ2v) is 28.5. The van der Waals surface area contributed by atoms with Gasteiger partial charge in [-0.2, -0.15) is 11.8 Å². The van der Waals surface area contributed by atoms with E-state index < -0.39 is 217 Å². The summed E-state index contributed by atoms with van der Waals surface area (Å²) in [7, 11) is 1.59. The number of aromatic hydroxyl groups is 3. The van der Waals surface area contributed by atoms with E-state index in [9.17, 15) is 97.8 Å². The fourth-order valence-electron chi connectivity index (χ4n) is 10.3. The molecule has 12 amide bonds. The number of rotatable bonds is 30. The van der Waals surface area contributed by atoms with Crippen LogP contribution in [0.4, 0.5) is 0 Å². The lowest BCUT2D eigenvalue weighted by atomic mass is 10.0. The Labute approximate surface area is 626 Å². The first-order chi connectivity index (χ1) is 50.7. The van der Waals surface area contributed by atoms with Crippen molar-refractivity contribution < 1.29 is 103 Å². The number of nitrogens with one attached hydrogen (secondary N) is 12. The molecule has 12 atom stereocenters. The number of hydrogen-bond acceptors (Lipinski definition) is 22. The smallest absolute Gasteiger partial charge is 0.327 e. The topological polar surface area (TPSA) is 548 Å². The molecule has 0 radical (unpaired) electrons. The van der Waals surface area contributed by atoms with Crippen molar-refractivity contribution in [2.45, 2.75) is 145 Å². The van der Waals surface area contributed by atoms with Gasteiger partial charge in [0.1, 0.15) is 83.7 Å². The number of amides is 12. The third-order valence-corrected chi connectivity index (χ3v) is 19.2. The Bertz CT molecular complexity index is 3850. The van der Waals surface area contributed by atoms with Crippen LogP contribution < -0.4 is 69.5 Å². The summed E-state index contributed by atoms with van der Waals surface area (Å²) >= 11 is 0.996. The van der Waals surface area contributed by atoms with Crippen LogP contribution >= 0.6 is 33.3 Å². The maximum Gasteiger partial charge on any atom is 0.327 e. The van der Waals surface area contributed by atoms with Gasteiger partial charge in [0, 0.05) is 49.4 Å². The van der Waals surface area contributed by atoms with E-state index >= 15 is 4.79 Å². The number of phenols is 3. The van der Waals surface area contributed by atoms with Crippen molar-refractivity contribution in [3.05, 3.63) is 125 Å². The van der Waals surface area contributed by atoms with Crippen LogP contribution in [0.25, 0.3) is 0 Å². The number of phenolic OH excluding ortho intramolecular Hbond substituents is 3. The van der Waals surface area contributed by atoms with E-state index in [4.69, 9.17) is 12.2 Å². The predicted octanol–water partition coefficient (Wildman–Crippen LogP) is -2.27. The van der Waals surface area contributed by atoms with Crippen molar-refractivity contribution in [3.63, 3.8) is 0 Å². The Kier molecular flexibility index (Phi) is 35.1. The first kappa shape index (κ1) is 86.5. The Hall–Kier alpha value is -11.1. The maximum atomic E-state index is 15.1. The Morgan fingerprint density at radius 3 is 1.64 bits per heavy atom. The van der Waals surface area contributed by atoms with Crippen LogP contribution in [0.1, 0.15) is 68.7 Å². The van der Waals surface area contributed by atoms with Crippen LogP contribution in [0.15, 0.2) is 103 Å². The predicted molar refractivity (Wildman–Crippen MR) is 392 cm³/mol. The molecule has 0 aromatic heterocycles. The van der Waals surface area contributed by atoms with Crippen LogP contribution in [-0.4, -0.2) is 222 Å². The molecular formula is C70H87N13O21S3. The van der Waals surface area contributed by atoms with E-state index in [1.165, 1.54) is 99.8 Å². The van der Waals surface area contributed by atoms with Crippen molar-refractivity contribution >= 4 is 122 Å². The Morgan fingerprint density at radius 1 is 0.561 bits per heavy atom. The van der Waals surface area contributed by atoms with Gasteiger partial charge in [-0.25, -0.2) is 4.79 Å². The van der Waals surface area contributed by atoms with E-state index in [0.717, 1.165) is 33.3 Å². The average Bonchev–Trinajstić information content (AvgIpc) is 0.992. The molecule has 1 saturated heterocycles. The number of carbonyl (C=O) groups is 15. The molecular weight excluding hydrogens is 1460 g/mol. The normalized spacial score (nSPS) is 19.5. The number of nitrogens with two attached hydrogens (primary N) is 1. The van der Waals surface area contributed by atoms with Crippen molar-refractivity contribution in [1.82, 2.24) is 63.8 Å². The molecule has 34 nitrogen and oxygen atoms in total. The van der Waals surface area contributed by atoms with Crippen LogP contribution in [0.3, 0.4) is 0 Å². The molecule has 576 valence electrons. The lowest BCUT2D eigenvalue weighted by molar-refractivity contribution is -0.143. The lowest BCUT2D eigenvalue weighted by Crippen LogP contribution is -2.61. The van der Waals surface area contributed by atoms with E-state index in [1.54, 1.807) is 30.3 Å². The van der Waals surface area contributed by atoms with E-state index in [-0.39, 0.29) is 47.8 Å². The van der Waals surface area contributed by atoms with Gasteiger partial charge in [-0.1, -0.05) is 102 Å². The van der Waals surface area contributed by atoms with Gasteiger partial charge < -0.3 is 100 Å². The number of carboxylic acid groups (broad SMARTS) is 3. The first-order valence-electron chi connectivity index (χ1n) is 33.3. The number of carboxylic acids is 3. The molecule has 0 aliphatic carbocycles. The summed E-state index contributed by atoms with van der Waals surface area (Å²) < 4.78 is 0. The van der Waals surface area contributed by atoms with Gasteiger partial charge in [-0.05, 0) is 90.6 Å². The van der Waals surface area contributed by atoms with Gasteiger partial charge >= 0.3 is 17.9 Å². The first-order valence-corrected chi connectivity index (χ1v) is 37.2. The van der Waals surface area contributed by atoms with E-state index in [1.807, 2.05) is 0 Å². The number of terminal acetylenes is 1. The van der Waals surface area contributed by atoms with Crippen LogP contribution in [0.5, 0.6) is 17.2 Å². The quantitative estimate of drug-likeness (QED) is 0.0193. The molecule has 37 heteroatoms. The molecule has 1 aliphatic rings. The van der Waals surface area contributed by atoms with Crippen molar-refractivity contribution in [2.24, 2.45) is 11.7 Å². The summed E-state index contributed by atoms with van der Waals surface area (Å²) in [5.41, 5.74) is 8.00. The summed E-state index contributed by atoms with van der Waals surface area (Å²) in [6.07, 6.45) is 2.95. The van der Waals surface area contributed by atoms with Crippen molar-refractivity contribution in [2.75, 3.05) is 30.1 Å². The van der Waals surface area contributed by atoms with Gasteiger partial charge in [0.25, 0.3) is 0 Å². The third kappa shape index (κ3) is 29.8. The molecule has 0 spiro atoms. The van der Waals surface area contributed by atoms with Crippen LogP contribution in [0, 0.1) is 18.3 Å². The number of hydrogen-bond donors (Lipinski definition) is 19. The standard InChI is InChI=1S/C70H87N13O21S3/c1-6-10-47(70(103)104)76-69(102)58(36(2)3)83-65(98)51(31-57(90)91)79-66(99)52(33-105-5)82-64(97)50(30-41-17-23-44(86)24-18-41)78-68(101)53-34-106-107-35-54(81-60(93)45(71)27-39-13-19-42(84)20-14-39)67(100)75-46(25-26-56(88)89)61(94)72-32-55(87)74-48(28-38-11-8-7-9-12-38)63(96)77-49(29-40-15-21-43(85)22-16-40)62(95)73-37(4)59(92)80-53/h1,7-9,11-24,36-37,45-54,58,84-86H,10,25-35,71H2,2-5H3,(H,72,94)(H,73,95)(H,74,87)(H,75,100)(H,76,102)(H,77,96)(H,78,101)(H,79,99)(H,80,92)(H,81,93)(H,82,97)(H,83,98)(H,88,89)(H,90,91)(H,103,104)/t37-,45-,46-,47-,48-,49+,50-,51-,52-,53-,54-,58-/m0/s1. The molecule has 107 heavy (non-hydrogen) atoms. The fourth-order valence-corrected chi connectivity index (χ4v) is 13.2. The molecule has 4 aromatic carbocycles. The molecule has 5 rings (SSSR count). The average molecular weight is 1540 g/mol. The van der Waals surface area contributed by atoms with E-state index in [0.29, 0.717) is 16.7 Å². The zero-order valence-electron chi connectivity index (χ0n) is 58.5. The fraction of sp³-hybridized carbons (Fsp3) is 0.414. The van der Waals surface area contributed by atoms with Gasteiger partial charge in [0.05, 0.1) is 19.0 Å². The summed E-state index contributed by atoms with van der Waals surface area (Å²) in [5, 5.41) is 89.0. The lowest BCUT2D eigenvalue weighted by Gasteiger charge is -2.28. The number of thioether (sulfide) groups is 1. The van der Waals surface area contributed by atoms with Gasteiger partial charge in [0.2, 0.25) is 70.9 Å². The number of carbonyl (C=O) groups excluding carboxylic acids is 12. The molecule has 0 saturated carbocycles. The molecule has 20 N–H and O–H groups in total. The van der Waals surface area contributed by atoms with Gasteiger partial charge in [-0.3, -0.25) is 67.1 Å². The molecule has 0 bridgehead atoms. The van der Waals surface area contributed by atoms with Crippen molar-refractivity contribution in [3.8, 4) is 29.6 Å². The largest absolute Gasteiger partial charge is 0.508 e. The molecule has 1 fully saturated rings. The summed E-state index contributed by atoms with van der Waals surface area (Å²) in [6, 6.07) is 5.21. The highest BCUT2D eigenvalue weighted by Crippen LogP contribution is 2.25. The molecule has 1 aliphatic heterocycles. The molecule has 4 aromatic rings. The molecule has 0 unspecified atom stereocenters. The third-order valence-electron chi connectivity index (χ3n) is 16.1. The zero-order valence-corrected chi connectivity index (χ0v) is 60.9.